The SMILES string of the molecule is O=C(Cc1nc(-c2ncn[nH]2)no1)C(F)F. The summed E-state index contributed by atoms with van der Waals surface area (Å²) in [5.41, 5.74) is 0. The molecule has 0 spiro atoms. The second-order valence-corrected chi connectivity index (χ2v) is 2.79. The number of H-pyrrole nitrogens is 1. The van der Waals surface area contributed by atoms with Crippen molar-refractivity contribution in [2.24, 2.45) is 0 Å². The second-order valence-electron chi connectivity index (χ2n) is 2.79. The van der Waals surface area contributed by atoms with E-state index in [9.17, 15) is 13.6 Å². The number of ketones is 1. The highest BCUT2D eigenvalue weighted by Gasteiger charge is 2.20. The first-order valence-corrected chi connectivity index (χ1v) is 4.16. The molecule has 0 aliphatic carbocycles. The zero-order valence-corrected chi connectivity index (χ0v) is 7.72. The van der Waals surface area contributed by atoms with Crippen LogP contribution in [0.3, 0.4) is 0 Å². The van der Waals surface area contributed by atoms with E-state index in [1.165, 1.54) is 6.33 Å². The largest absolute Gasteiger partial charge is 0.338 e. The summed E-state index contributed by atoms with van der Waals surface area (Å²) in [6.45, 7) is 0. The van der Waals surface area contributed by atoms with Crippen LogP contribution < -0.4 is 0 Å². The molecule has 0 aliphatic rings. The number of alkyl halides is 2. The van der Waals surface area contributed by atoms with Crippen molar-refractivity contribution < 1.29 is 18.1 Å². The van der Waals surface area contributed by atoms with Crippen LogP contribution >= 0.6 is 0 Å². The molecule has 0 radical (unpaired) electrons. The van der Waals surface area contributed by atoms with Crippen LogP contribution in [0, 0.1) is 0 Å². The molecular formula is C7H5F2N5O2. The lowest BCUT2D eigenvalue weighted by molar-refractivity contribution is -0.129. The average molecular weight is 229 g/mol. The van der Waals surface area contributed by atoms with Gasteiger partial charge < -0.3 is 4.52 Å². The Kier molecular flexibility index (Phi) is 2.66. The van der Waals surface area contributed by atoms with Gasteiger partial charge in [-0.2, -0.15) is 10.1 Å². The Balaban J connectivity index is 2.11. The molecule has 0 fully saturated rings. The van der Waals surface area contributed by atoms with E-state index in [1.807, 2.05) is 0 Å². The number of aromatic nitrogens is 5. The van der Waals surface area contributed by atoms with E-state index in [4.69, 9.17) is 0 Å². The van der Waals surface area contributed by atoms with Gasteiger partial charge in [0.15, 0.2) is 5.82 Å². The Morgan fingerprint density at radius 3 is 3.00 bits per heavy atom. The summed E-state index contributed by atoms with van der Waals surface area (Å²) in [4.78, 5) is 18.1. The van der Waals surface area contributed by atoms with E-state index in [0.29, 0.717) is 0 Å². The first-order chi connectivity index (χ1) is 7.66. The summed E-state index contributed by atoms with van der Waals surface area (Å²) in [6.07, 6.45) is -2.41. The van der Waals surface area contributed by atoms with Crippen molar-refractivity contribution in [3.8, 4) is 11.6 Å². The van der Waals surface area contributed by atoms with Crippen molar-refractivity contribution in [3.63, 3.8) is 0 Å². The summed E-state index contributed by atoms with van der Waals surface area (Å²) in [6, 6.07) is 0. The molecule has 2 rings (SSSR count). The van der Waals surface area contributed by atoms with E-state index in [-0.39, 0.29) is 17.5 Å². The van der Waals surface area contributed by atoms with Crippen LogP contribution in [0.15, 0.2) is 10.9 Å². The van der Waals surface area contributed by atoms with Crippen molar-refractivity contribution >= 4 is 5.78 Å². The molecule has 0 saturated carbocycles. The van der Waals surface area contributed by atoms with E-state index in [2.05, 4.69) is 29.8 Å². The standard InChI is InChI=1S/C7H5F2N5O2/c8-5(9)3(15)1-4-12-7(14-16-4)6-10-2-11-13-6/h2,5H,1H2,(H,10,11,13). The molecule has 7 nitrogen and oxygen atoms in total. The summed E-state index contributed by atoms with van der Waals surface area (Å²) in [5.74, 6) is -1.15. The minimum atomic E-state index is -3.04. The molecule has 2 heterocycles. The highest BCUT2D eigenvalue weighted by molar-refractivity contribution is 5.82. The fourth-order valence-electron chi connectivity index (χ4n) is 0.962. The summed E-state index contributed by atoms with van der Waals surface area (Å²) < 4.78 is 28.5. The summed E-state index contributed by atoms with van der Waals surface area (Å²) in [5, 5.41) is 9.47. The molecule has 0 bridgehead atoms. The molecule has 0 unspecified atom stereocenters. The molecule has 0 amide bonds. The third-order valence-electron chi connectivity index (χ3n) is 1.66. The van der Waals surface area contributed by atoms with Crippen LogP contribution in [0.1, 0.15) is 5.89 Å². The van der Waals surface area contributed by atoms with Crippen molar-refractivity contribution in [1.82, 2.24) is 25.3 Å². The molecule has 0 aliphatic heterocycles. The molecule has 0 saturated heterocycles. The zero-order chi connectivity index (χ0) is 11.5. The van der Waals surface area contributed by atoms with Gasteiger partial charge in [-0.05, 0) is 0 Å². The Labute approximate surface area is 86.9 Å². The van der Waals surface area contributed by atoms with Crippen LogP contribution in [0.25, 0.3) is 11.6 Å². The Hall–Kier alpha value is -2.19. The molecule has 0 atom stereocenters. The minimum absolute atomic E-state index is 0.0644. The number of carbonyl (C=O) groups excluding carboxylic acids is 1. The third kappa shape index (κ3) is 2.07. The van der Waals surface area contributed by atoms with Crippen LogP contribution in [0.2, 0.25) is 0 Å². The number of nitrogens with zero attached hydrogens (tertiary/aromatic N) is 4. The Bertz CT molecular complexity index is 481. The van der Waals surface area contributed by atoms with Gasteiger partial charge in [-0.15, -0.1) is 0 Å². The number of hydrogen-bond donors (Lipinski definition) is 1. The third-order valence-corrected chi connectivity index (χ3v) is 1.66. The molecule has 2 aromatic rings. The smallest absolute Gasteiger partial charge is 0.296 e. The predicted octanol–water partition coefficient (Wildman–Crippen LogP) is 0.231. The molecule has 2 aromatic heterocycles. The van der Waals surface area contributed by atoms with E-state index >= 15 is 0 Å². The lowest BCUT2D eigenvalue weighted by Crippen LogP contribution is -2.12. The molecule has 84 valence electrons. The molecule has 16 heavy (non-hydrogen) atoms. The number of hydrogen-bond acceptors (Lipinski definition) is 6. The quantitative estimate of drug-likeness (QED) is 0.805. The van der Waals surface area contributed by atoms with Crippen LogP contribution in [-0.2, 0) is 11.2 Å². The van der Waals surface area contributed by atoms with Crippen molar-refractivity contribution in [1.29, 1.82) is 0 Å². The topological polar surface area (TPSA) is 97.6 Å². The lowest BCUT2D eigenvalue weighted by atomic mass is 10.3. The number of rotatable bonds is 4. The van der Waals surface area contributed by atoms with Gasteiger partial charge in [0.25, 0.3) is 6.43 Å². The number of aromatic amines is 1. The van der Waals surface area contributed by atoms with Gasteiger partial charge in [-0.1, -0.05) is 5.16 Å². The Morgan fingerprint density at radius 1 is 1.56 bits per heavy atom. The van der Waals surface area contributed by atoms with E-state index in [1.54, 1.807) is 0 Å². The monoisotopic (exact) mass is 229 g/mol. The van der Waals surface area contributed by atoms with E-state index < -0.39 is 18.6 Å². The van der Waals surface area contributed by atoms with Gasteiger partial charge in [0, 0.05) is 0 Å². The highest BCUT2D eigenvalue weighted by atomic mass is 19.3. The lowest BCUT2D eigenvalue weighted by Gasteiger charge is -1.92. The predicted molar refractivity (Wildman–Crippen MR) is 44.4 cm³/mol. The molecule has 0 aromatic carbocycles. The average Bonchev–Trinajstić information content (AvgIpc) is 2.85. The van der Waals surface area contributed by atoms with Crippen molar-refractivity contribution in [3.05, 3.63) is 12.2 Å². The van der Waals surface area contributed by atoms with Gasteiger partial charge in [-0.3, -0.25) is 9.89 Å². The maximum atomic E-state index is 11.9. The van der Waals surface area contributed by atoms with Crippen molar-refractivity contribution in [2.45, 2.75) is 12.8 Å². The molecule has 1 N–H and O–H groups in total. The zero-order valence-electron chi connectivity index (χ0n) is 7.72. The molecular weight excluding hydrogens is 224 g/mol. The Morgan fingerprint density at radius 2 is 2.38 bits per heavy atom. The molecule has 9 heteroatoms. The fourth-order valence-corrected chi connectivity index (χ4v) is 0.962. The van der Waals surface area contributed by atoms with Crippen LogP contribution in [0.5, 0.6) is 0 Å². The fraction of sp³-hybridized carbons (Fsp3) is 0.286. The van der Waals surface area contributed by atoms with Gasteiger partial charge in [0.05, 0.1) is 6.42 Å². The maximum Gasteiger partial charge on any atom is 0.296 e. The normalized spacial score (nSPS) is 10.9. The highest BCUT2D eigenvalue weighted by Crippen LogP contribution is 2.10. The number of carbonyl (C=O) groups is 1. The van der Waals surface area contributed by atoms with Gasteiger partial charge >= 0.3 is 0 Å². The number of nitrogens with one attached hydrogen (secondary N) is 1. The van der Waals surface area contributed by atoms with Crippen molar-refractivity contribution in [2.75, 3.05) is 0 Å². The second kappa shape index (κ2) is 4.13. The number of Topliss-reactive ketones (excluding diaryl/α,β-unsaturated/α-hetero) is 1. The maximum absolute atomic E-state index is 11.9. The number of halogens is 2. The van der Waals surface area contributed by atoms with Gasteiger partial charge in [0.1, 0.15) is 6.33 Å². The van der Waals surface area contributed by atoms with Crippen LogP contribution in [0.4, 0.5) is 8.78 Å². The van der Waals surface area contributed by atoms with Gasteiger partial charge in [0.2, 0.25) is 17.5 Å². The van der Waals surface area contributed by atoms with Gasteiger partial charge in [-0.25, -0.2) is 13.8 Å². The first kappa shape index (κ1) is 10.3. The first-order valence-electron chi connectivity index (χ1n) is 4.16. The van der Waals surface area contributed by atoms with Crippen LogP contribution in [-0.4, -0.2) is 37.5 Å². The summed E-state index contributed by atoms with van der Waals surface area (Å²) in [7, 11) is 0. The minimum Gasteiger partial charge on any atom is -0.338 e. The van der Waals surface area contributed by atoms with E-state index in [0.717, 1.165) is 0 Å². The summed E-state index contributed by atoms with van der Waals surface area (Å²) >= 11 is 0.